The molecule has 2 amide bonds. The maximum Gasteiger partial charge on any atom is 0.306 e. The number of esters is 1. The summed E-state index contributed by atoms with van der Waals surface area (Å²) in [6.45, 7) is 1.000. The molecule has 0 bridgehead atoms. The van der Waals surface area contributed by atoms with E-state index in [4.69, 9.17) is 32.7 Å². The fourth-order valence-corrected chi connectivity index (χ4v) is 3.56. The number of benzene rings is 3. The minimum Gasteiger partial charge on any atom is -0.456 e. The van der Waals surface area contributed by atoms with Gasteiger partial charge in [-0.1, -0.05) is 23.2 Å². The molecular formula is C27H24Cl2N2O6. The lowest BCUT2D eigenvalue weighted by Gasteiger charge is -2.09. The number of hydrogen-bond donors (Lipinski definition) is 2. The summed E-state index contributed by atoms with van der Waals surface area (Å²) in [5.41, 5.74) is 1.57. The van der Waals surface area contributed by atoms with Crippen molar-refractivity contribution in [3.05, 3.63) is 82.3 Å². The Hall–Kier alpha value is -3.88. The monoisotopic (exact) mass is 542 g/mol. The van der Waals surface area contributed by atoms with Gasteiger partial charge >= 0.3 is 5.97 Å². The molecule has 37 heavy (non-hydrogen) atoms. The number of Topliss-reactive ketones (excluding diaryl/α,β-unsaturated/α-hetero) is 1. The topological polar surface area (TPSA) is 111 Å². The second kappa shape index (κ2) is 13.4. The van der Waals surface area contributed by atoms with Gasteiger partial charge in [-0.25, -0.2) is 0 Å². The van der Waals surface area contributed by atoms with Crippen molar-refractivity contribution in [2.75, 3.05) is 17.2 Å². The number of carbonyl (C=O) groups is 4. The van der Waals surface area contributed by atoms with Crippen molar-refractivity contribution < 1.29 is 28.7 Å². The van der Waals surface area contributed by atoms with Gasteiger partial charge in [0.25, 0.3) is 5.91 Å². The second-order valence-corrected chi connectivity index (χ2v) is 8.79. The molecule has 0 aliphatic carbocycles. The van der Waals surface area contributed by atoms with Crippen LogP contribution < -0.4 is 15.4 Å². The highest BCUT2D eigenvalue weighted by Crippen LogP contribution is 2.32. The third kappa shape index (κ3) is 9.25. The van der Waals surface area contributed by atoms with E-state index in [0.717, 1.165) is 0 Å². The maximum absolute atomic E-state index is 12.2. The number of rotatable bonds is 11. The molecule has 0 spiro atoms. The quantitative estimate of drug-likeness (QED) is 0.218. The molecule has 0 radical (unpaired) electrons. The van der Waals surface area contributed by atoms with Crippen LogP contribution in [0.1, 0.15) is 36.5 Å². The lowest BCUT2D eigenvalue weighted by atomic mass is 10.1. The van der Waals surface area contributed by atoms with Crippen molar-refractivity contribution in [3.63, 3.8) is 0 Å². The van der Waals surface area contributed by atoms with Gasteiger partial charge in [-0.2, -0.15) is 0 Å². The fourth-order valence-electron chi connectivity index (χ4n) is 3.11. The van der Waals surface area contributed by atoms with E-state index in [-0.39, 0.29) is 31.0 Å². The molecule has 0 fully saturated rings. The summed E-state index contributed by atoms with van der Waals surface area (Å²) < 4.78 is 10.7. The van der Waals surface area contributed by atoms with E-state index < -0.39 is 18.5 Å². The number of anilines is 2. The molecule has 0 heterocycles. The molecule has 0 aromatic heterocycles. The smallest absolute Gasteiger partial charge is 0.306 e. The molecule has 0 saturated carbocycles. The van der Waals surface area contributed by atoms with Gasteiger partial charge in [0.15, 0.2) is 12.4 Å². The van der Waals surface area contributed by atoms with Gasteiger partial charge in [0.05, 0.1) is 5.02 Å². The van der Waals surface area contributed by atoms with Crippen LogP contribution in [0.4, 0.5) is 11.4 Å². The van der Waals surface area contributed by atoms with Crippen LogP contribution in [0.3, 0.4) is 0 Å². The average Bonchev–Trinajstić information content (AvgIpc) is 2.86. The molecule has 2 N–H and O–H groups in total. The zero-order valence-corrected chi connectivity index (χ0v) is 21.4. The summed E-state index contributed by atoms with van der Waals surface area (Å²) in [6, 6.07) is 18.0. The highest BCUT2D eigenvalue weighted by molar-refractivity contribution is 6.35. The van der Waals surface area contributed by atoms with Crippen LogP contribution in [-0.4, -0.2) is 30.2 Å². The van der Waals surface area contributed by atoms with Gasteiger partial charge < -0.3 is 20.1 Å². The summed E-state index contributed by atoms with van der Waals surface area (Å²) in [7, 11) is 0. The van der Waals surface area contributed by atoms with Crippen LogP contribution in [-0.2, 0) is 19.1 Å². The molecule has 0 atom stereocenters. The van der Waals surface area contributed by atoms with Crippen molar-refractivity contribution in [2.24, 2.45) is 0 Å². The molecule has 10 heteroatoms. The van der Waals surface area contributed by atoms with Gasteiger partial charge in [-0.3, -0.25) is 19.2 Å². The first-order valence-electron chi connectivity index (χ1n) is 11.3. The van der Waals surface area contributed by atoms with Crippen LogP contribution in [0.25, 0.3) is 0 Å². The van der Waals surface area contributed by atoms with Crippen LogP contribution in [0.2, 0.25) is 10.0 Å². The van der Waals surface area contributed by atoms with Crippen molar-refractivity contribution in [1.82, 2.24) is 0 Å². The first kappa shape index (κ1) is 27.7. The van der Waals surface area contributed by atoms with E-state index in [1.165, 1.54) is 6.92 Å². The Morgan fingerprint density at radius 2 is 1.41 bits per heavy atom. The predicted octanol–water partition coefficient (Wildman–Crippen LogP) is 6.28. The zero-order chi connectivity index (χ0) is 26.8. The number of amides is 2. The number of ketones is 1. The van der Waals surface area contributed by atoms with Crippen LogP contribution in [0, 0.1) is 0 Å². The first-order chi connectivity index (χ1) is 17.7. The molecule has 0 aliphatic rings. The van der Waals surface area contributed by atoms with E-state index >= 15 is 0 Å². The van der Waals surface area contributed by atoms with Gasteiger partial charge in [0.1, 0.15) is 11.5 Å². The second-order valence-electron chi connectivity index (χ2n) is 7.95. The molecule has 3 aromatic carbocycles. The molecule has 0 saturated heterocycles. The Kier molecular flexibility index (Phi) is 10.1. The molecule has 192 valence electrons. The summed E-state index contributed by atoms with van der Waals surface area (Å²) in [5.74, 6) is -0.458. The Morgan fingerprint density at radius 1 is 0.784 bits per heavy atom. The summed E-state index contributed by atoms with van der Waals surface area (Å²) in [5, 5.41) is 6.20. The third-order valence-corrected chi connectivity index (χ3v) is 5.51. The fraction of sp³-hybridized carbons (Fsp3) is 0.185. The Bertz CT molecular complexity index is 1280. The zero-order valence-electron chi connectivity index (χ0n) is 19.9. The van der Waals surface area contributed by atoms with Gasteiger partial charge in [0.2, 0.25) is 5.91 Å². The molecule has 8 nitrogen and oxygen atoms in total. The van der Waals surface area contributed by atoms with E-state index in [0.29, 0.717) is 38.5 Å². The van der Waals surface area contributed by atoms with Crippen molar-refractivity contribution in [1.29, 1.82) is 0 Å². The molecular weight excluding hydrogens is 519 g/mol. The predicted molar refractivity (Wildman–Crippen MR) is 141 cm³/mol. The Labute approximate surface area is 223 Å². The Balaban J connectivity index is 1.33. The molecule has 0 aliphatic heterocycles. The van der Waals surface area contributed by atoms with E-state index in [1.54, 1.807) is 66.7 Å². The van der Waals surface area contributed by atoms with Crippen LogP contribution in [0.5, 0.6) is 11.5 Å². The Morgan fingerprint density at radius 3 is 2.03 bits per heavy atom. The summed E-state index contributed by atoms with van der Waals surface area (Å²) in [6.07, 6.45) is 0.347. The number of carbonyl (C=O) groups excluding carboxylic acids is 4. The van der Waals surface area contributed by atoms with Crippen molar-refractivity contribution in [2.45, 2.75) is 26.2 Å². The van der Waals surface area contributed by atoms with Gasteiger partial charge in [-0.05, 0) is 80.1 Å². The van der Waals surface area contributed by atoms with E-state index in [2.05, 4.69) is 10.6 Å². The lowest BCUT2D eigenvalue weighted by Crippen LogP contribution is -2.21. The van der Waals surface area contributed by atoms with Crippen LogP contribution in [0.15, 0.2) is 66.7 Å². The van der Waals surface area contributed by atoms with Gasteiger partial charge in [0, 0.05) is 34.8 Å². The van der Waals surface area contributed by atoms with Crippen LogP contribution >= 0.6 is 23.2 Å². The number of ether oxygens (including phenoxy) is 2. The minimum absolute atomic E-state index is 0.0113. The number of halogens is 2. The largest absolute Gasteiger partial charge is 0.456 e. The standard InChI is InChI=1S/C27H24Cl2N2O6/c1-17(32)18-5-8-20(9-6-18)31-26(34)16-36-27(35)4-2-3-25(33)30-21-10-12-22(13-11-21)37-24-14-7-19(28)15-23(24)29/h5-15H,2-4,16H2,1H3,(H,30,33)(H,31,34). The highest BCUT2D eigenvalue weighted by Gasteiger charge is 2.11. The number of nitrogens with one attached hydrogen (secondary N) is 2. The summed E-state index contributed by atoms with van der Waals surface area (Å²) in [4.78, 5) is 47.3. The molecule has 3 rings (SSSR count). The van der Waals surface area contributed by atoms with E-state index in [1.807, 2.05) is 0 Å². The lowest BCUT2D eigenvalue weighted by molar-refractivity contribution is -0.147. The molecule has 0 unspecified atom stereocenters. The minimum atomic E-state index is -0.586. The van der Waals surface area contributed by atoms with Gasteiger partial charge in [-0.15, -0.1) is 0 Å². The summed E-state index contributed by atoms with van der Waals surface area (Å²) >= 11 is 12.0. The average molecular weight is 543 g/mol. The first-order valence-corrected chi connectivity index (χ1v) is 12.0. The molecule has 3 aromatic rings. The van der Waals surface area contributed by atoms with Crippen molar-refractivity contribution in [3.8, 4) is 11.5 Å². The maximum atomic E-state index is 12.2. The SMILES string of the molecule is CC(=O)c1ccc(NC(=O)COC(=O)CCCC(=O)Nc2ccc(Oc3ccc(Cl)cc3Cl)cc2)cc1. The normalized spacial score (nSPS) is 10.4. The number of hydrogen-bond acceptors (Lipinski definition) is 6. The third-order valence-electron chi connectivity index (χ3n) is 4.98. The highest BCUT2D eigenvalue weighted by atomic mass is 35.5. The van der Waals surface area contributed by atoms with E-state index in [9.17, 15) is 19.2 Å². The van der Waals surface area contributed by atoms with Crippen molar-refractivity contribution >= 4 is 58.1 Å².